The third-order valence-electron chi connectivity index (χ3n) is 5.61. The zero-order chi connectivity index (χ0) is 24.6. The Balaban J connectivity index is 1.43. The van der Waals surface area contributed by atoms with Crippen LogP contribution in [0.2, 0.25) is 0 Å². The maximum absolute atomic E-state index is 12.8. The van der Waals surface area contributed by atoms with E-state index >= 15 is 0 Å². The van der Waals surface area contributed by atoms with Crippen molar-refractivity contribution in [1.29, 1.82) is 0 Å². The summed E-state index contributed by atoms with van der Waals surface area (Å²) in [7, 11) is 1.37. The quantitative estimate of drug-likeness (QED) is 0.179. The number of nitrogens with one attached hydrogen (secondary N) is 1. The van der Waals surface area contributed by atoms with Gasteiger partial charge in [0.15, 0.2) is 11.0 Å². The minimum Gasteiger partial charge on any atom is -0.486 e. The minimum absolute atomic E-state index is 0.123. The van der Waals surface area contributed by atoms with Gasteiger partial charge in [-0.2, -0.15) is 0 Å². The summed E-state index contributed by atoms with van der Waals surface area (Å²) in [4.78, 5) is 26.5. The monoisotopic (exact) mass is 512 g/mol. The summed E-state index contributed by atoms with van der Waals surface area (Å²) in [5.41, 5.74) is 1.53. The number of nitrogens with zero attached hydrogens (tertiary/aromatic N) is 3. The Labute approximate surface area is 212 Å². The molecule has 1 aliphatic carbocycles. The highest BCUT2D eigenvalue weighted by molar-refractivity contribution is 7.99. The number of hydrogen-bond acceptors (Lipinski definition) is 8. The lowest BCUT2D eigenvalue weighted by Gasteiger charge is -2.09. The van der Waals surface area contributed by atoms with E-state index in [0.717, 1.165) is 43.4 Å². The molecule has 0 bridgehead atoms. The number of esters is 1. The molecule has 35 heavy (non-hydrogen) atoms. The number of benzene rings is 1. The van der Waals surface area contributed by atoms with Crippen LogP contribution >= 0.6 is 23.1 Å². The fourth-order valence-electron chi connectivity index (χ4n) is 3.95. The second-order valence-electron chi connectivity index (χ2n) is 8.00. The number of aryl methyl sites for hydroxylation is 1. The summed E-state index contributed by atoms with van der Waals surface area (Å²) in [5.74, 6) is 0.891. The van der Waals surface area contributed by atoms with Gasteiger partial charge in [-0.05, 0) is 43.4 Å². The number of fused-ring (bicyclic) bond motifs is 1. The number of methoxy groups -OCH3 is 1. The van der Waals surface area contributed by atoms with Crippen LogP contribution in [0.4, 0.5) is 5.00 Å². The first-order valence-corrected chi connectivity index (χ1v) is 13.3. The molecule has 0 atom stereocenters. The fraction of sp³-hybridized carbons (Fsp3) is 0.360. The Bertz CT molecular complexity index is 1190. The van der Waals surface area contributed by atoms with Crippen molar-refractivity contribution in [3.63, 3.8) is 0 Å². The maximum atomic E-state index is 12.8. The van der Waals surface area contributed by atoms with Crippen LogP contribution in [0.25, 0.3) is 0 Å². The number of thioether (sulfide) groups is 1. The molecule has 1 aliphatic rings. The average molecular weight is 513 g/mol. The molecule has 2 heterocycles. The van der Waals surface area contributed by atoms with Crippen molar-refractivity contribution in [2.24, 2.45) is 0 Å². The normalized spacial score (nSPS) is 12.9. The van der Waals surface area contributed by atoms with Crippen molar-refractivity contribution < 1.29 is 19.1 Å². The molecule has 10 heteroatoms. The molecule has 8 nitrogen and oxygen atoms in total. The van der Waals surface area contributed by atoms with Crippen LogP contribution in [0, 0.1) is 0 Å². The molecule has 1 N–H and O–H groups in total. The van der Waals surface area contributed by atoms with Gasteiger partial charge < -0.3 is 14.8 Å². The number of carbonyl (C=O) groups excluding carboxylic acids is 2. The molecule has 0 unspecified atom stereocenters. The van der Waals surface area contributed by atoms with E-state index in [9.17, 15) is 9.59 Å². The molecule has 184 valence electrons. The number of thiophene rings is 1. The molecule has 0 saturated carbocycles. The number of allylic oxidation sites excluding steroid dienone is 1. The summed E-state index contributed by atoms with van der Waals surface area (Å²) in [6.07, 6.45) is 6.77. The lowest BCUT2D eigenvalue weighted by Crippen LogP contribution is -2.17. The Morgan fingerprint density at radius 1 is 1.20 bits per heavy atom. The van der Waals surface area contributed by atoms with Gasteiger partial charge in [-0.25, -0.2) is 4.79 Å². The number of ether oxygens (including phenoxy) is 2. The van der Waals surface area contributed by atoms with Crippen molar-refractivity contribution in [3.05, 3.63) is 64.8 Å². The predicted molar refractivity (Wildman–Crippen MR) is 137 cm³/mol. The van der Waals surface area contributed by atoms with Crippen LogP contribution in [-0.2, 0) is 35.5 Å². The second kappa shape index (κ2) is 12.0. The van der Waals surface area contributed by atoms with Gasteiger partial charge in [0.2, 0.25) is 5.91 Å². The van der Waals surface area contributed by atoms with Gasteiger partial charge in [0.05, 0.1) is 18.4 Å². The number of aromatic nitrogens is 3. The Morgan fingerprint density at radius 2 is 2.00 bits per heavy atom. The van der Waals surface area contributed by atoms with Gasteiger partial charge in [0.1, 0.15) is 17.4 Å². The third kappa shape index (κ3) is 6.12. The molecular weight excluding hydrogens is 484 g/mol. The molecule has 2 aromatic heterocycles. The van der Waals surface area contributed by atoms with Crippen LogP contribution in [0.1, 0.15) is 45.9 Å². The molecule has 4 rings (SSSR count). The standard InChI is InChI=1S/C25H28N4O4S2/c1-3-14-29-20(15-33-17-10-6-4-7-11-17)27-28-25(29)34-16-21(30)26-23-22(24(31)32-2)18-12-8-5-9-13-19(18)35-23/h3-4,6-7,10-11H,1,5,8-9,12-16H2,2H3,(H,26,30). The highest BCUT2D eigenvalue weighted by atomic mass is 32.2. The van der Waals surface area contributed by atoms with Crippen LogP contribution < -0.4 is 10.1 Å². The summed E-state index contributed by atoms with van der Waals surface area (Å²) >= 11 is 2.76. The molecular formula is C25H28N4O4S2. The van der Waals surface area contributed by atoms with Crippen LogP contribution in [-0.4, -0.2) is 39.5 Å². The second-order valence-corrected chi connectivity index (χ2v) is 10.0. The van der Waals surface area contributed by atoms with E-state index in [1.165, 1.54) is 35.1 Å². The van der Waals surface area contributed by atoms with Crippen LogP contribution in [0.5, 0.6) is 5.75 Å². The van der Waals surface area contributed by atoms with Crippen molar-refractivity contribution in [1.82, 2.24) is 14.8 Å². The number of rotatable bonds is 10. The first-order valence-electron chi connectivity index (χ1n) is 11.5. The number of para-hydroxylation sites is 1. The van der Waals surface area contributed by atoms with Crippen molar-refractivity contribution >= 4 is 40.0 Å². The third-order valence-corrected chi connectivity index (χ3v) is 7.79. The van der Waals surface area contributed by atoms with Gasteiger partial charge in [-0.1, -0.05) is 42.5 Å². The van der Waals surface area contributed by atoms with Gasteiger partial charge in [0, 0.05) is 11.4 Å². The molecule has 1 aromatic carbocycles. The van der Waals surface area contributed by atoms with Crippen molar-refractivity contribution in [3.8, 4) is 5.75 Å². The van der Waals surface area contributed by atoms with Crippen LogP contribution in [0.15, 0.2) is 48.1 Å². The van der Waals surface area contributed by atoms with E-state index in [1.807, 2.05) is 34.9 Å². The summed E-state index contributed by atoms with van der Waals surface area (Å²) in [5, 5.41) is 12.6. The molecule has 0 fully saturated rings. The smallest absolute Gasteiger partial charge is 0.341 e. The van der Waals surface area contributed by atoms with Crippen LogP contribution in [0.3, 0.4) is 0 Å². The van der Waals surface area contributed by atoms with E-state index in [2.05, 4.69) is 22.1 Å². The maximum Gasteiger partial charge on any atom is 0.341 e. The Kier molecular flexibility index (Phi) is 8.59. The highest BCUT2D eigenvalue weighted by Crippen LogP contribution is 2.38. The predicted octanol–water partition coefficient (Wildman–Crippen LogP) is 4.89. The fourth-order valence-corrected chi connectivity index (χ4v) is 6.01. The van der Waals surface area contributed by atoms with Gasteiger partial charge in [-0.3, -0.25) is 9.36 Å². The van der Waals surface area contributed by atoms with E-state index < -0.39 is 5.97 Å². The molecule has 0 spiro atoms. The summed E-state index contributed by atoms with van der Waals surface area (Å²) < 4.78 is 12.7. The molecule has 0 radical (unpaired) electrons. The Morgan fingerprint density at radius 3 is 2.77 bits per heavy atom. The lowest BCUT2D eigenvalue weighted by atomic mass is 10.1. The average Bonchev–Trinajstić information content (AvgIpc) is 3.33. The van der Waals surface area contributed by atoms with E-state index in [4.69, 9.17) is 9.47 Å². The van der Waals surface area contributed by atoms with Gasteiger partial charge in [-0.15, -0.1) is 28.1 Å². The zero-order valence-electron chi connectivity index (χ0n) is 19.6. The van der Waals surface area contributed by atoms with E-state index in [-0.39, 0.29) is 18.3 Å². The Hall–Kier alpha value is -3.11. The summed E-state index contributed by atoms with van der Waals surface area (Å²) in [6.45, 7) is 4.56. The van der Waals surface area contributed by atoms with Gasteiger partial charge in [0.25, 0.3) is 0 Å². The van der Waals surface area contributed by atoms with Gasteiger partial charge >= 0.3 is 5.97 Å². The molecule has 0 saturated heterocycles. The number of hydrogen-bond donors (Lipinski definition) is 1. The van der Waals surface area contributed by atoms with Crippen molar-refractivity contribution in [2.45, 2.75) is 50.4 Å². The number of carbonyl (C=O) groups is 2. The minimum atomic E-state index is -0.402. The van der Waals surface area contributed by atoms with E-state index in [1.54, 1.807) is 6.08 Å². The zero-order valence-corrected chi connectivity index (χ0v) is 21.3. The number of anilines is 1. The van der Waals surface area contributed by atoms with E-state index in [0.29, 0.717) is 28.1 Å². The molecule has 3 aromatic rings. The largest absolute Gasteiger partial charge is 0.486 e. The lowest BCUT2D eigenvalue weighted by molar-refractivity contribution is -0.113. The SMILES string of the molecule is C=CCn1c(COc2ccccc2)nnc1SCC(=O)Nc1sc2c(c1C(=O)OC)CCCCC2. The molecule has 1 amide bonds. The highest BCUT2D eigenvalue weighted by Gasteiger charge is 2.26. The number of amides is 1. The molecule has 0 aliphatic heterocycles. The van der Waals surface area contributed by atoms with Crippen molar-refractivity contribution in [2.75, 3.05) is 18.2 Å². The summed E-state index contributed by atoms with van der Waals surface area (Å²) in [6, 6.07) is 9.48. The first kappa shape index (κ1) is 25.0. The topological polar surface area (TPSA) is 95.3 Å². The first-order chi connectivity index (χ1) is 17.1.